The lowest BCUT2D eigenvalue weighted by molar-refractivity contribution is -0.699. The minimum Gasteiger partial charge on any atom is -0.457 e. The van der Waals surface area contributed by atoms with Crippen LogP contribution < -0.4 is 11.1 Å². The Kier molecular flexibility index (Phi) is 6.81. The number of aliphatic hydroxyl groups is 1. The van der Waals surface area contributed by atoms with Gasteiger partial charge in [-0.05, 0) is 59.3 Å². The van der Waals surface area contributed by atoms with Gasteiger partial charge in [0.1, 0.15) is 18.1 Å². The molecule has 5 aliphatic rings. The largest absolute Gasteiger partial charge is 0.457 e. The van der Waals surface area contributed by atoms with Crippen LogP contribution in [0.25, 0.3) is 0 Å². The van der Waals surface area contributed by atoms with Gasteiger partial charge in [-0.15, -0.1) is 0 Å². The van der Waals surface area contributed by atoms with Crippen LogP contribution >= 0.6 is 0 Å². The maximum Gasteiger partial charge on any atom is 0.341 e. The Morgan fingerprint density at radius 3 is 2.69 bits per heavy atom. The summed E-state index contributed by atoms with van der Waals surface area (Å²) in [6, 6.07) is 0. The minimum atomic E-state index is -0.935. The number of rotatable bonds is 5. The van der Waals surface area contributed by atoms with E-state index in [1.807, 2.05) is 20.8 Å². The van der Waals surface area contributed by atoms with E-state index in [2.05, 4.69) is 5.32 Å². The first-order valence-corrected chi connectivity index (χ1v) is 13.5. The van der Waals surface area contributed by atoms with Crippen molar-refractivity contribution in [3.8, 4) is 0 Å². The van der Waals surface area contributed by atoms with Gasteiger partial charge in [-0.3, -0.25) is 10.5 Å². The van der Waals surface area contributed by atoms with Crippen LogP contribution in [0.2, 0.25) is 0 Å². The van der Waals surface area contributed by atoms with Crippen molar-refractivity contribution >= 4 is 11.8 Å². The van der Waals surface area contributed by atoms with Crippen LogP contribution in [0, 0.1) is 17.8 Å². The van der Waals surface area contributed by atoms with Gasteiger partial charge in [-0.1, -0.05) is 0 Å². The lowest BCUT2D eigenvalue weighted by Gasteiger charge is -2.53. The van der Waals surface area contributed by atoms with Crippen molar-refractivity contribution in [2.75, 3.05) is 6.54 Å². The number of Topliss-reactive ketones (excluding diaryl/α,β-unsaturated/α-hetero) is 1. The van der Waals surface area contributed by atoms with E-state index in [1.165, 1.54) is 0 Å². The summed E-state index contributed by atoms with van der Waals surface area (Å²) in [5.74, 6) is -0.554. The fraction of sp³-hybridized carbons (Fsp3) is 0.923. The lowest BCUT2D eigenvalue weighted by Crippen LogP contribution is -2.94. The molecule has 0 radical (unpaired) electrons. The molecule has 4 aliphatic heterocycles. The summed E-state index contributed by atoms with van der Waals surface area (Å²) in [5, 5.41) is 13.3. The molecule has 5 fully saturated rings. The number of ether oxygens (including phenoxy) is 4. The third-order valence-electron chi connectivity index (χ3n) is 9.22. The van der Waals surface area contributed by atoms with Gasteiger partial charge in [0.2, 0.25) is 0 Å². The third-order valence-corrected chi connectivity index (χ3v) is 9.22. The zero-order valence-corrected chi connectivity index (χ0v) is 21.5. The number of hydrogen-bond donors (Lipinski definition) is 3. The maximum absolute atomic E-state index is 13.2. The Labute approximate surface area is 207 Å². The van der Waals surface area contributed by atoms with Crippen molar-refractivity contribution in [3.63, 3.8) is 0 Å². The Morgan fingerprint density at radius 2 is 1.94 bits per heavy atom. The molecule has 4 saturated heterocycles. The van der Waals surface area contributed by atoms with Crippen LogP contribution in [-0.2, 0) is 28.5 Å². The van der Waals surface area contributed by atoms with Gasteiger partial charge in [-0.25, -0.2) is 4.79 Å². The van der Waals surface area contributed by atoms with Gasteiger partial charge in [0.15, 0.2) is 5.60 Å². The van der Waals surface area contributed by atoms with Crippen molar-refractivity contribution < 1.29 is 39.0 Å². The summed E-state index contributed by atoms with van der Waals surface area (Å²) in [7, 11) is 0. The highest BCUT2D eigenvalue weighted by Gasteiger charge is 2.62. The molecule has 0 bridgehead atoms. The number of epoxide rings is 1. The predicted molar refractivity (Wildman–Crippen MR) is 125 cm³/mol. The van der Waals surface area contributed by atoms with Crippen molar-refractivity contribution in [3.05, 3.63) is 0 Å². The van der Waals surface area contributed by atoms with Gasteiger partial charge in [0, 0.05) is 25.2 Å². The number of piperidine rings is 1. The molecule has 4 heterocycles. The fourth-order valence-electron chi connectivity index (χ4n) is 6.99. The maximum atomic E-state index is 13.2. The molecule has 1 aliphatic carbocycles. The molecule has 1 saturated carbocycles. The molecule has 11 atom stereocenters. The molecule has 0 aromatic rings. The molecule has 5 N–H and O–H groups in total. The second kappa shape index (κ2) is 9.33. The van der Waals surface area contributed by atoms with E-state index < -0.39 is 29.3 Å². The predicted octanol–water partition coefficient (Wildman–Crippen LogP) is 0.405. The van der Waals surface area contributed by atoms with E-state index in [-0.39, 0.29) is 48.3 Å². The van der Waals surface area contributed by atoms with Crippen LogP contribution in [-0.4, -0.2) is 77.4 Å². The SMILES string of the molecule is CC1CC(=O)C2C(CC3OC(C)(C)[C@H](OC(=O)[C@@]4(C)O[C@@H]4CCC4CC[NH2+]C(N)C4)CC3C2O)O1. The molecule has 5 rings (SSSR count). The highest BCUT2D eigenvalue weighted by molar-refractivity contribution is 5.84. The van der Waals surface area contributed by atoms with Gasteiger partial charge in [0.25, 0.3) is 0 Å². The van der Waals surface area contributed by atoms with Crippen LogP contribution in [0.5, 0.6) is 0 Å². The minimum absolute atomic E-state index is 0.0524. The quantitative estimate of drug-likeness (QED) is 0.368. The monoisotopic (exact) mass is 495 g/mol. The molecule has 35 heavy (non-hydrogen) atoms. The van der Waals surface area contributed by atoms with E-state index in [1.54, 1.807) is 6.92 Å². The number of esters is 1. The highest BCUT2D eigenvalue weighted by Crippen LogP contribution is 2.48. The van der Waals surface area contributed by atoms with Gasteiger partial charge < -0.3 is 29.4 Å². The number of fused-ring (bicyclic) bond motifs is 2. The lowest BCUT2D eigenvalue weighted by atomic mass is 9.67. The molecular weight excluding hydrogens is 452 g/mol. The molecule has 198 valence electrons. The van der Waals surface area contributed by atoms with Crippen LogP contribution in [0.1, 0.15) is 72.6 Å². The molecule has 0 amide bonds. The normalized spacial score (nSPS) is 49.0. The fourth-order valence-corrected chi connectivity index (χ4v) is 6.99. The summed E-state index contributed by atoms with van der Waals surface area (Å²) >= 11 is 0. The Balaban J connectivity index is 1.19. The van der Waals surface area contributed by atoms with Crippen molar-refractivity contribution in [1.29, 1.82) is 0 Å². The first kappa shape index (κ1) is 25.5. The smallest absolute Gasteiger partial charge is 0.341 e. The van der Waals surface area contributed by atoms with E-state index in [0.29, 0.717) is 25.2 Å². The molecule has 0 aromatic carbocycles. The number of carbonyl (C=O) groups excluding carboxylic acids is 2. The molecule has 9 nitrogen and oxygen atoms in total. The topological polar surface area (TPSA) is 137 Å². The second-order valence-electron chi connectivity index (χ2n) is 12.3. The zero-order chi connectivity index (χ0) is 25.1. The Bertz CT molecular complexity index is 837. The van der Waals surface area contributed by atoms with Gasteiger partial charge in [-0.2, -0.15) is 0 Å². The first-order valence-electron chi connectivity index (χ1n) is 13.5. The standard InChI is InChI=1S/C26H42N2O7/c1-13-9-16(29)22-18(32-13)12-17-15(23(22)30)11-20(25(2,3)34-17)33-24(31)26(4)19(35-26)6-5-14-7-8-28-21(27)10-14/h13-15,17-23,28,30H,5-12,27H2,1-4H3/p+1/t13?,14?,15?,17?,18?,19-,20-,21?,22?,23?,26+/m1/s1. The summed E-state index contributed by atoms with van der Waals surface area (Å²) in [6.07, 6.45) is 3.24. The molecule has 9 heteroatoms. The van der Waals surface area contributed by atoms with Crippen molar-refractivity contribution in [1.82, 2.24) is 0 Å². The van der Waals surface area contributed by atoms with Crippen molar-refractivity contribution in [2.24, 2.45) is 23.5 Å². The van der Waals surface area contributed by atoms with Crippen LogP contribution in [0.3, 0.4) is 0 Å². The summed E-state index contributed by atoms with van der Waals surface area (Å²) in [6.45, 7) is 8.60. The van der Waals surface area contributed by atoms with Crippen LogP contribution in [0.4, 0.5) is 0 Å². The Hall–Kier alpha value is -1.10. The average Bonchev–Trinajstić information content (AvgIpc) is 3.44. The number of ketones is 1. The summed E-state index contributed by atoms with van der Waals surface area (Å²) in [4.78, 5) is 25.9. The van der Waals surface area contributed by atoms with Crippen molar-refractivity contribution in [2.45, 2.75) is 127 Å². The van der Waals surface area contributed by atoms with E-state index in [0.717, 1.165) is 32.2 Å². The third kappa shape index (κ3) is 4.92. The number of aliphatic hydroxyl groups excluding tert-OH is 1. The molecule has 0 aromatic heterocycles. The number of carbonyl (C=O) groups is 2. The number of nitrogens with two attached hydrogens (primary N) is 2. The van der Waals surface area contributed by atoms with Gasteiger partial charge >= 0.3 is 5.97 Å². The van der Waals surface area contributed by atoms with E-state index in [9.17, 15) is 14.7 Å². The van der Waals surface area contributed by atoms with Crippen LogP contribution in [0.15, 0.2) is 0 Å². The first-order chi connectivity index (χ1) is 16.5. The zero-order valence-electron chi connectivity index (χ0n) is 21.5. The molecule has 0 spiro atoms. The molecule has 8 unspecified atom stereocenters. The summed E-state index contributed by atoms with van der Waals surface area (Å²) in [5.41, 5.74) is 4.41. The number of hydrogen-bond acceptors (Lipinski definition) is 8. The average molecular weight is 496 g/mol. The summed E-state index contributed by atoms with van der Waals surface area (Å²) < 4.78 is 24.3. The van der Waals surface area contributed by atoms with Gasteiger partial charge in [0.05, 0.1) is 48.6 Å². The Morgan fingerprint density at radius 1 is 1.17 bits per heavy atom. The second-order valence-corrected chi connectivity index (χ2v) is 12.3. The van der Waals surface area contributed by atoms with E-state index >= 15 is 0 Å². The number of quaternary nitrogens is 1. The highest BCUT2D eigenvalue weighted by atomic mass is 16.7. The van der Waals surface area contributed by atoms with E-state index in [4.69, 9.17) is 24.7 Å². The molecular formula is C26H43N2O7+.